The van der Waals surface area contributed by atoms with E-state index in [2.05, 4.69) is 0 Å². The van der Waals surface area contributed by atoms with Gasteiger partial charge in [-0.25, -0.2) is 0 Å². The quantitative estimate of drug-likeness (QED) is 0.724. The van der Waals surface area contributed by atoms with Gasteiger partial charge < -0.3 is 5.11 Å². The lowest BCUT2D eigenvalue weighted by atomic mass is 9.82. The third-order valence-electron chi connectivity index (χ3n) is 3.37. The summed E-state index contributed by atoms with van der Waals surface area (Å²) in [6.07, 6.45) is 5.86. The van der Waals surface area contributed by atoms with Gasteiger partial charge in [-0.05, 0) is 24.3 Å². The second-order valence-electron chi connectivity index (χ2n) is 4.51. The number of hydrogen-bond donors (Lipinski definition) is 1. The number of benzene rings is 1. The highest BCUT2D eigenvalue weighted by atomic mass is 16.3. The summed E-state index contributed by atoms with van der Waals surface area (Å²) in [7, 11) is 5.62. The van der Waals surface area contributed by atoms with Crippen LogP contribution < -0.4 is 5.46 Å². The summed E-state index contributed by atoms with van der Waals surface area (Å²) >= 11 is 0. The Bertz CT molecular complexity index is 301. The van der Waals surface area contributed by atoms with Crippen LogP contribution in [0.4, 0.5) is 0 Å². The van der Waals surface area contributed by atoms with Crippen molar-refractivity contribution in [2.24, 2.45) is 5.92 Å². The topological polar surface area (TPSA) is 20.2 Å². The van der Waals surface area contributed by atoms with Gasteiger partial charge in [0.2, 0.25) is 0 Å². The van der Waals surface area contributed by atoms with E-state index in [9.17, 15) is 5.11 Å². The molecule has 1 unspecified atom stereocenters. The third kappa shape index (κ3) is 2.63. The van der Waals surface area contributed by atoms with Gasteiger partial charge in [-0.1, -0.05) is 49.0 Å². The highest BCUT2D eigenvalue weighted by Gasteiger charge is 2.22. The molecule has 1 aromatic rings. The minimum Gasteiger partial charge on any atom is -0.388 e. The Hall–Kier alpha value is -0.755. The van der Waals surface area contributed by atoms with E-state index in [1.165, 1.54) is 19.3 Å². The fourth-order valence-corrected chi connectivity index (χ4v) is 2.42. The maximum Gasteiger partial charge on any atom is 0.113 e. The molecular weight excluding hydrogens is 183 g/mol. The Morgan fingerprint density at radius 2 is 1.67 bits per heavy atom. The summed E-state index contributed by atoms with van der Waals surface area (Å²) in [4.78, 5) is 0. The molecule has 1 aliphatic carbocycles. The molecule has 0 aliphatic heterocycles. The maximum atomic E-state index is 10.2. The molecule has 1 aromatic carbocycles. The average Bonchev–Trinajstić information content (AvgIpc) is 2.30. The molecule has 78 valence electrons. The molecule has 15 heavy (non-hydrogen) atoms. The van der Waals surface area contributed by atoms with Gasteiger partial charge in [-0.3, -0.25) is 0 Å². The number of aliphatic hydroxyl groups is 1. The van der Waals surface area contributed by atoms with Crippen LogP contribution in [0.1, 0.15) is 43.8 Å². The SMILES string of the molecule is [B]c1ccc(C(O)C2CCCCC2)cc1. The molecule has 1 saturated carbocycles. The second-order valence-corrected chi connectivity index (χ2v) is 4.51. The summed E-state index contributed by atoms with van der Waals surface area (Å²) in [6.45, 7) is 0. The maximum absolute atomic E-state index is 10.2. The van der Waals surface area contributed by atoms with Gasteiger partial charge in [0.25, 0.3) is 0 Å². The molecule has 1 aliphatic rings. The smallest absolute Gasteiger partial charge is 0.113 e. The van der Waals surface area contributed by atoms with E-state index in [0.29, 0.717) is 5.92 Å². The fraction of sp³-hybridized carbons (Fsp3) is 0.538. The van der Waals surface area contributed by atoms with Crippen LogP contribution in [0.5, 0.6) is 0 Å². The molecule has 0 bridgehead atoms. The first kappa shape index (κ1) is 10.8. The zero-order chi connectivity index (χ0) is 10.7. The number of rotatable bonds is 2. The van der Waals surface area contributed by atoms with Gasteiger partial charge in [0.1, 0.15) is 7.85 Å². The van der Waals surface area contributed by atoms with E-state index in [1.807, 2.05) is 24.3 Å². The van der Waals surface area contributed by atoms with Crippen molar-refractivity contribution in [2.45, 2.75) is 38.2 Å². The fourth-order valence-electron chi connectivity index (χ4n) is 2.42. The highest BCUT2D eigenvalue weighted by molar-refractivity contribution is 6.32. The van der Waals surface area contributed by atoms with Crippen molar-refractivity contribution in [3.05, 3.63) is 29.8 Å². The van der Waals surface area contributed by atoms with Gasteiger partial charge in [0.15, 0.2) is 0 Å². The first-order valence-electron chi connectivity index (χ1n) is 5.81. The molecular formula is C13H17BO. The standard InChI is InChI=1S/C13H17BO/c14-12-8-6-11(7-9-12)13(15)10-4-2-1-3-5-10/h6-10,13,15H,1-5H2. The Kier molecular flexibility index (Phi) is 3.47. The van der Waals surface area contributed by atoms with E-state index in [-0.39, 0.29) is 6.10 Å². The van der Waals surface area contributed by atoms with Crippen LogP contribution in [0.15, 0.2) is 24.3 Å². The highest BCUT2D eigenvalue weighted by Crippen LogP contribution is 2.33. The summed E-state index contributed by atoms with van der Waals surface area (Å²) in [6, 6.07) is 7.60. The first-order chi connectivity index (χ1) is 7.27. The predicted molar refractivity (Wildman–Crippen MR) is 63.4 cm³/mol. The van der Waals surface area contributed by atoms with E-state index in [0.717, 1.165) is 23.9 Å². The summed E-state index contributed by atoms with van der Waals surface area (Å²) in [5, 5.41) is 10.2. The molecule has 0 heterocycles. The molecule has 1 atom stereocenters. The van der Waals surface area contributed by atoms with Gasteiger partial charge in [-0.2, -0.15) is 0 Å². The van der Waals surface area contributed by atoms with E-state index < -0.39 is 0 Å². The van der Waals surface area contributed by atoms with Crippen molar-refractivity contribution in [1.82, 2.24) is 0 Å². The minimum atomic E-state index is -0.300. The summed E-state index contributed by atoms with van der Waals surface area (Å²) < 4.78 is 0. The van der Waals surface area contributed by atoms with Gasteiger partial charge in [0, 0.05) is 0 Å². The monoisotopic (exact) mass is 200 g/mol. The molecule has 2 rings (SSSR count). The van der Waals surface area contributed by atoms with Gasteiger partial charge in [0.05, 0.1) is 6.10 Å². The van der Waals surface area contributed by atoms with Crippen molar-refractivity contribution >= 4 is 13.3 Å². The Balaban J connectivity index is 2.05. The Morgan fingerprint density at radius 3 is 2.27 bits per heavy atom. The Labute approximate surface area is 92.9 Å². The molecule has 0 spiro atoms. The van der Waals surface area contributed by atoms with E-state index in [1.54, 1.807) is 0 Å². The lowest BCUT2D eigenvalue weighted by Gasteiger charge is -2.26. The average molecular weight is 200 g/mol. The zero-order valence-electron chi connectivity index (χ0n) is 9.02. The van der Waals surface area contributed by atoms with Crippen molar-refractivity contribution in [2.75, 3.05) is 0 Å². The molecule has 0 amide bonds. The van der Waals surface area contributed by atoms with Crippen molar-refractivity contribution in [3.63, 3.8) is 0 Å². The molecule has 2 radical (unpaired) electrons. The van der Waals surface area contributed by atoms with Crippen molar-refractivity contribution < 1.29 is 5.11 Å². The lowest BCUT2D eigenvalue weighted by Crippen LogP contribution is -2.16. The molecule has 1 N–H and O–H groups in total. The molecule has 2 heteroatoms. The third-order valence-corrected chi connectivity index (χ3v) is 3.37. The summed E-state index contributed by atoms with van der Waals surface area (Å²) in [5.41, 5.74) is 1.77. The van der Waals surface area contributed by atoms with Crippen molar-refractivity contribution in [1.29, 1.82) is 0 Å². The molecule has 0 saturated heterocycles. The first-order valence-corrected chi connectivity index (χ1v) is 5.81. The normalized spacial score (nSPS) is 20.1. The van der Waals surface area contributed by atoms with Crippen LogP contribution in [0.3, 0.4) is 0 Å². The van der Waals surface area contributed by atoms with Crippen LogP contribution in [-0.4, -0.2) is 13.0 Å². The zero-order valence-corrected chi connectivity index (χ0v) is 9.02. The van der Waals surface area contributed by atoms with Crippen LogP contribution in [0.2, 0.25) is 0 Å². The van der Waals surface area contributed by atoms with Crippen LogP contribution in [-0.2, 0) is 0 Å². The largest absolute Gasteiger partial charge is 0.388 e. The number of hydrogen-bond acceptors (Lipinski definition) is 1. The molecule has 1 fully saturated rings. The summed E-state index contributed by atoms with van der Waals surface area (Å²) in [5.74, 6) is 0.447. The molecule has 1 nitrogen and oxygen atoms in total. The van der Waals surface area contributed by atoms with E-state index in [4.69, 9.17) is 7.85 Å². The van der Waals surface area contributed by atoms with Crippen LogP contribution >= 0.6 is 0 Å². The van der Waals surface area contributed by atoms with Crippen molar-refractivity contribution in [3.8, 4) is 0 Å². The van der Waals surface area contributed by atoms with Gasteiger partial charge in [-0.15, -0.1) is 0 Å². The van der Waals surface area contributed by atoms with E-state index >= 15 is 0 Å². The number of aliphatic hydroxyl groups excluding tert-OH is 1. The van der Waals surface area contributed by atoms with Crippen LogP contribution in [0, 0.1) is 5.92 Å². The molecule has 0 aromatic heterocycles. The van der Waals surface area contributed by atoms with Crippen LogP contribution in [0.25, 0.3) is 0 Å². The lowest BCUT2D eigenvalue weighted by molar-refractivity contribution is 0.0849. The minimum absolute atomic E-state index is 0.300. The predicted octanol–water partition coefficient (Wildman–Crippen LogP) is 2.09. The Morgan fingerprint density at radius 1 is 1.07 bits per heavy atom. The second kappa shape index (κ2) is 4.85. The van der Waals surface area contributed by atoms with Gasteiger partial charge >= 0.3 is 0 Å².